The standard InChI is InChI=1S/C14H20N4O/c15-10-12-2-6-17-11-14(12)18-5-1-9-19-13-3-7-16-8-4-13/h2,6,11,13,16,18H,1,3-5,7-9H2. The number of rotatable bonds is 6. The van der Waals surface area contributed by atoms with Gasteiger partial charge >= 0.3 is 0 Å². The number of hydrogen-bond acceptors (Lipinski definition) is 5. The third-order valence-electron chi connectivity index (χ3n) is 3.22. The van der Waals surface area contributed by atoms with E-state index in [2.05, 4.69) is 21.7 Å². The molecule has 5 nitrogen and oxygen atoms in total. The lowest BCUT2D eigenvalue weighted by atomic mass is 10.1. The van der Waals surface area contributed by atoms with Crippen molar-refractivity contribution in [3.8, 4) is 6.07 Å². The second-order valence-corrected chi connectivity index (χ2v) is 4.63. The average molecular weight is 260 g/mol. The third-order valence-corrected chi connectivity index (χ3v) is 3.22. The molecular formula is C14H20N4O. The summed E-state index contributed by atoms with van der Waals surface area (Å²) >= 11 is 0. The Labute approximate surface area is 114 Å². The van der Waals surface area contributed by atoms with Gasteiger partial charge in [-0.15, -0.1) is 0 Å². The number of ether oxygens (including phenoxy) is 1. The van der Waals surface area contributed by atoms with Crippen LogP contribution in [0.15, 0.2) is 18.5 Å². The summed E-state index contributed by atoms with van der Waals surface area (Å²) in [6.07, 6.45) is 6.87. The summed E-state index contributed by atoms with van der Waals surface area (Å²) in [5.74, 6) is 0. The quantitative estimate of drug-likeness (QED) is 0.759. The van der Waals surface area contributed by atoms with Crippen molar-refractivity contribution in [2.75, 3.05) is 31.6 Å². The number of piperidine rings is 1. The Morgan fingerprint density at radius 1 is 1.47 bits per heavy atom. The first-order chi connectivity index (χ1) is 9.40. The minimum absolute atomic E-state index is 0.411. The number of nitrogens with zero attached hydrogens (tertiary/aromatic N) is 2. The Hall–Kier alpha value is -1.64. The van der Waals surface area contributed by atoms with Gasteiger partial charge in [-0.1, -0.05) is 0 Å². The highest BCUT2D eigenvalue weighted by molar-refractivity contribution is 5.55. The Kier molecular flexibility index (Phi) is 5.60. The van der Waals surface area contributed by atoms with Gasteiger partial charge in [0.2, 0.25) is 0 Å². The summed E-state index contributed by atoms with van der Waals surface area (Å²) in [4.78, 5) is 4.01. The Morgan fingerprint density at radius 2 is 2.32 bits per heavy atom. The molecule has 102 valence electrons. The minimum atomic E-state index is 0.411. The average Bonchev–Trinajstić information content (AvgIpc) is 2.48. The van der Waals surface area contributed by atoms with Crippen LogP contribution in [-0.4, -0.2) is 37.3 Å². The van der Waals surface area contributed by atoms with E-state index in [1.54, 1.807) is 18.5 Å². The van der Waals surface area contributed by atoms with E-state index in [4.69, 9.17) is 10.00 Å². The largest absolute Gasteiger partial charge is 0.383 e. The van der Waals surface area contributed by atoms with Gasteiger partial charge < -0.3 is 15.4 Å². The fraction of sp³-hybridized carbons (Fsp3) is 0.571. The molecule has 0 unspecified atom stereocenters. The normalized spacial score (nSPS) is 15.9. The van der Waals surface area contributed by atoms with Crippen LogP contribution >= 0.6 is 0 Å². The van der Waals surface area contributed by atoms with Crippen molar-refractivity contribution in [2.45, 2.75) is 25.4 Å². The van der Waals surface area contributed by atoms with Crippen LogP contribution in [0.1, 0.15) is 24.8 Å². The number of nitrogens with one attached hydrogen (secondary N) is 2. The first-order valence-corrected chi connectivity index (χ1v) is 6.80. The summed E-state index contributed by atoms with van der Waals surface area (Å²) in [5, 5.41) is 15.5. The molecule has 19 heavy (non-hydrogen) atoms. The molecule has 2 heterocycles. The van der Waals surface area contributed by atoms with Crippen LogP contribution in [0.5, 0.6) is 0 Å². The van der Waals surface area contributed by atoms with Gasteiger partial charge in [0.25, 0.3) is 0 Å². The van der Waals surface area contributed by atoms with Crippen molar-refractivity contribution < 1.29 is 4.74 Å². The monoisotopic (exact) mass is 260 g/mol. The smallest absolute Gasteiger partial charge is 0.101 e. The summed E-state index contributed by atoms with van der Waals surface area (Å²) in [7, 11) is 0. The first kappa shape index (κ1) is 13.8. The third kappa shape index (κ3) is 4.51. The van der Waals surface area contributed by atoms with Crippen LogP contribution in [0.3, 0.4) is 0 Å². The first-order valence-electron chi connectivity index (χ1n) is 6.80. The maximum atomic E-state index is 8.94. The highest BCUT2D eigenvalue weighted by atomic mass is 16.5. The van der Waals surface area contributed by atoms with E-state index in [0.29, 0.717) is 11.7 Å². The van der Waals surface area contributed by atoms with Gasteiger partial charge in [0.15, 0.2) is 0 Å². The number of hydrogen-bond donors (Lipinski definition) is 2. The zero-order chi connectivity index (χ0) is 13.3. The molecular weight excluding hydrogens is 240 g/mol. The lowest BCUT2D eigenvalue weighted by molar-refractivity contribution is 0.0329. The van der Waals surface area contributed by atoms with E-state index < -0.39 is 0 Å². The molecule has 1 saturated heterocycles. The van der Waals surface area contributed by atoms with Gasteiger partial charge in [0, 0.05) is 19.3 Å². The summed E-state index contributed by atoms with van der Waals surface area (Å²) in [5.41, 5.74) is 1.43. The van der Waals surface area contributed by atoms with Crippen molar-refractivity contribution in [2.24, 2.45) is 0 Å². The fourth-order valence-electron chi connectivity index (χ4n) is 2.14. The summed E-state index contributed by atoms with van der Waals surface area (Å²) in [6, 6.07) is 3.86. The molecule has 1 aromatic heterocycles. The van der Waals surface area contributed by atoms with E-state index in [9.17, 15) is 0 Å². The van der Waals surface area contributed by atoms with Crippen molar-refractivity contribution in [3.63, 3.8) is 0 Å². The van der Waals surface area contributed by atoms with Crippen LogP contribution in [0.2, 0.25) is 0 Å². The molecule has 0 atom stereocenters. The van der Waals surface area contributed by atoms with E-state index in [0.717, 1.165) is 51.2 Å². The Morgan fingerprint density at radius 3 is 3.11 bits per heavy atom. The molecule has 1 aliphatic heterocycles. The topological polar surface area (TPSA) is 70.0 Å². The predicted octanol–water partition coefficient (Wildman–Crippen LogP) is 1.52. The summed E-state index contributed by atoms with van der Waals surface area (Å²) < 4.78 is 5.82. The molecule has 0 radical (unpaired) electrons. The van der Waals surface area contributed by atoms with Crippen molar-refractivity contribution in [3.05, 3.63) is 24.0 Å². The van der Waals surface area contributed by atoms with Crippen LogP contribution in [0.25, 0.3) is 0 Å². The van der Waals surface area contributed by atoms with Crippen LogP contribution in [-0.2, 0) is 4.74 Å². The lowest BCUT2D eigenvalue weighted by Gasteiger charge is -2.22. The van der Waals surface area contributed by atoms with E-state index in [1.165, 1.54) is 0 Å². The predicted molar refractivity (Wildman–Crippen MR) is 73.9 cm³/mol. The maximum Gasteiger partial charge on any atom is 0.101 e. The van der Waals surface area contributed by atoms with Gasteiger partial charge in [-0.2, -0.15) is 5.26 Å². The molecule has 0 spiro atoms. The van der Waals surface area contributed by atoms with Crippen molar-refractivity contribution >= 4 is 5.69 Å². The molecule has 0 aliphatic carbocycles. The van der Waals surface area contributed by atoms with Crippen molar-refractivity contribution in [1.29, 1.82) is 5.26 Å². The van der Waals surface area contributed by atoms with Crippen LogP contribution in [0.4, 0.5) is 5.69 Å². The van der Waals surface area contributed by atoms with E-state index in [-0.39, 0.29) is 0 Å². The highest BCUT2D eigenvalue weighted by Crippen LogP contribution is 2.12. The van der Waals surface area contributed by atoms with Crippen LogP contribution < -0.4 is 10.6 Å². The lowest BCUT2D eigenvalue weighted by Crippen LogP contribution is -2.32. The fourth-order valence-corrected chi connectivity index (χ4v) is 2.14. The number of pyridine rings is 1. The van der Waals surface area contributed by atoms with E-state index in [1.807, 2.05) is 0 Å². The molecule has 1 fully saturated rings. The SMILES string of the molecule is N#Cc1ccncc1NCCCOC1CCNCC1. The zero-order valence-electron chi connectivity index (χ0n) is 11.1. The maximum absolute atomic E-state index is 8.94. The van der Waals surface area contributed by atoms with Gasteiger partial charge in [-0.25, -0.2) is 0 Å². The summed E-state index contributed by atoms with van der Waals surface area (Å²) in [6.45, 7) is 3.68. The minimum Gasteiger partial charge on any atom is -0.383 e. The molecule has 2 rings (SSSR count). The van der Waals surface area contributed by atoms with Gasteiger partial charge in [-0.05, 0) is 38.4 Å². The second kappa shape index (κ2) is 7.72. The van der Waals surface area contributed by atoms with Gasteiger partial charge in [-0.3, -0.25) is 4.98 Å². The molecule has 2 N–H and O–H groups in total. The van der Waals surface area contributed by atoms with Crippen molar-refractivity contribution in [1.82, 2.24) is 10.3 Å². The number of aromatic nitrogens is 1. The molecule has 5 heteroatoms. The highest BCUT2D eigenvalue weighted by Gasteiger charge is 2.12. The molecule has 1 aliphatic rings. The molecule has 0 amide bonds. The molecule has 0 saturated carbocycles. The van der Waals surface area contributed by atoms with Gasteiger partial charge in [0.1, 0.15) is 6.07 Å². The number of anilines is 1. The van der Waals surface area contributed by atoms with Crippen LogP contribution in [0, 0.1) is 11.3 Å². The van der Waals surface area contributed by atoms with E-state index >= 15 is 0 Å². The Bertz CT molecular complexity index is 424. The molecule has 0 bridgehead atoms. The molecule has 0 aromatic carbocycles. The Balaban J connectivity index is 1.62. The van der Waals surface area contributed by atoms with Gasteiger partial charge in [0.05, 0.1) is 23.6 Å². The second-order valence-electron chi connectivity index (χ2n) is 4.63. The molecule has 1 aromatic rings. The number of nitriles is 1. The zero-order valence-corrected chi connectivity index (χ0v) is 11.1.